The Bertz CT molecular complexity index is 2080. The Labute approximate surface area is 416 Å². The highest BCUT2D eigenvalue weighted by molar-refractivity contribution is 5.98. The molecule has 0 aromatic carbocycles. The highest BCUT2D eigenvalue weighted by Gasteiger charge is 2.40. The Kier molecular flexibility index (Phi) is 26.0. The zero-order chi connectivity index (χ0) is 54.1. The normalized spacial score (nSPS) is 16.0. The Morgan fingerprint density at radius 1 is 0.750 bits per heavy atom. The summed E-state index contributed by atoms with van der Waals surface area (Å²) in [7, 11) is 0. The molecule has 72 heavy (non-hydrogen) atoms. The monoisotopic (exact) mass is 1020 g/mol. The molecule has 0 spiro atoms. The fraction of sp³-hybridized carbons (Fsp3) is 0.651. The predicted molar refractivity (Wildman–Crippen MR) is 261 cm³/mol. The van der Waals surface area contributed by atoms with Crippen LogP contribution in [0.15, 0.2) is 22.5 Å². The molecule has 0 aliphatic carbocycles. The minimum atomic E-state index is -1.46. The molecule has 1 aromatic rings. The maximum Gasteiger partial charge on any atom is 0.322 e. The van der Waals surface area contributed by atoms with Gasteiger partial charge in [0, 0.05) is 44.4 Å². The minimum absolute atomic E-state index is 0.00146. The number of carbonyl (C=O) groups excluding carboxylic acids is 9. The molecule has 402 valence electrons. The summed E-state index contributed by atoms with van der Waals surface area (Å²) >= 11 is 0. The van der Waals surface area contributed by atoms with E-state index in [0.717, 1.165) is 0 Å². The van der Waals surface area contributed by atoms with Gasteiger partial charge in [-0.2, -0.15) is 0 Å². The number of hydrogen-bond acceptors (Lipinski definition) is 14. The smallest absolute Gasteiger partial charge is 0.322 e. The van der Waals surface area contributed by atoms with Crippen molar-refractivity contribution in [3.8, 4) is 0 Å². The number of aliphatic imine (C=N–C) groups is 2. The van der Waals surface area contributed by atoms with E-state index in [0.29, 0.717) is 18.5 Å². The van der Waals surface area contributed by atoms with Crippen LogP contribution in [-0.4, -0.2) is 166 Å². The van der Waals surface area contributed by atoms with Gasteiger partial charge in [-0.15, -0.1) is 0 Å². The van der Waals surface area contributed by atoms with Gasteiger partial charge >= 0.3 is 5.97 Å². The van der Waals surface area contributed by atoms with Gasteiger partial charge in [-0.05, 0) is 56.8 Å². The molecule has 1 fully saturated rings. The molecule has 1 aliphatic rings. The largest absolute Gasteiger partial charge is 0.480 e. The van der Waals surface area contributed by atoms with Gasteiger partial charge in [0.25, 0.3) is 0 Å². The van der Waals surface area contributed by atoms with Crippen molar-refractivity contribution in [1.29, 1.82) is 0 Å². The van der Waals surface area contributed by atoms with Gasteiger partial charge < -0.3 is 86.6 Å². The van der Waals surface area contributed by atoms with E-state index in [4.69, 9.17) is 39.5 Å². The van der Waals surface area contributed by atoms with Crippen LogP contribution < -0.4 is 71.6 Å². The summed E-state index contributed by atoms with van der Waals surface area (Å²) in [4.78, 5) is 148. The lowest BCUT2D eigenvalue weighted by Gasteiger charge is -2.30. The fourth-order valence-corrected chi connectivity index (χ4v) is 7.34. The zero-order valence-electron chi connectivity index (χ0n) is 41.2. The molecule has 8 atom stereocenters. The molecule has 2 heterocycles. The number of nitrogens with zero attached hydrogens (tertiary/aromatic N) is 4. The molecule has 0 radical (unpaired) electrons. The molecule has 9 amide bonds. The van der Waals surface area contributed by atoms with Crippen LogP contribution in [0.2, 0.25) is 0 Å². The van der Waals surface area contributed by atoms with Gasteiger partial charge in [-0.1, -0.05) is 34.1 Å². The lowest BCUT2D eigenvalue weighted by molar-refractivity contribution is -0.142. The summed E-state index contributed by atoms with van der Waals surface area (Å²) in [5.74, 6) is -9.29. The van der Waals surface area contributed by atoms with Crippen LogP contribution in [0.1, 0.15) is 91.2 Å². The summed E-state index contributed by atoms with van der Waals surface area (Å²) < 4.78 is 0. The first kappa shape index (κ1) is 60.5. The zero-order valence-corrected chi connectivity index (χ0v) is 41.2. The number of amides is 9. The lowest BCUT2D eigenvalue weighted by Crippen LogP contribution is -2.59. The summed E-state index contributed by atoms with van der Waals surface area (Å²) in [6, 6.07) is -8.59. The van der Waals surface area contributed by atoms with Crippen LogP contribution in [0.25, 0.3) is 0 Å². The maximum absolute atomic E-state index is 14.3. The number of hydrogen-bond donors (Lipinski definition) is 15. The predicted octanol–water partition coefficient (Wildman–Crippen LogP) is -5.91. The molecule has 8 unspecified atom stereocenters. The number of nitrogens with two attached hydrogens (primary N) is 6. The van der Waals surface area contributed by atoms with Crippen LogP contribution in [-0.2, 0) is 54.4 Å². The number of H-pyrrole nitrogens is 1. The van der Waals surface area contributed by atoms with E-state index in [1.165, 1.54) is 17.4 Å². The number of carbonyl (C=O) groups is 10. The van der Waals surface area contributed by atoms with E-state index in [2.05, 4.69) is 57.2 Å². The standard InChI is InChI=1S/C43H74N18O11/c1-5-23(4)33(45)39(70)60-34(22(2)3)40(71)53-19-31(63)56-27(10-7-15-52-43(48)49)41(72)61-16-8-11-29(61)38(69)58-25(9-6-14-51-42(46)47)36(67)59-28(17-24-18-50-21-55-24)37(68)57-26(12-13-30(44)62)35(66)54-20-32(64)65/h18,21-23,25-29,33-34H,5-17,19-20,45H2,1-4H3,(H2,44,62)(H,50,55)(H,53,71)(H,54,66)(H,56,63)(H,57,68)(H,58,69)(H,59,67)(H,60,70)(H,64,65)(H4,46,47,51)(H4,48,49,52). The van der Waals surface area contributed by atoms with E-state index < -0.39 is 115 Å². The highest BCUT2D eigenvalue weighted by atomic mass is 16.4. The number of guanidine groups is 2. The maximum atomic E-state index is 14.3. The number of primary amides is 1. The third-order valence-electron chi connectivity index (χ3n) is 11.6. The first-order valence-corrected chi connectivity index (χ1v) is 23.7. The van der Waals surface area contributed by atoms with Crippen molar-refractivity contribution in [2.45, 2.75) is 134 Å². The summed E-state index contributed by atoms with van der Waals surface area (Å²) in [5, 5.41) is 26.7. The summed E-state index contributed by atoms with van der Waals surface area (Å²) in [5.41, 5.74) is 33.7. The number of likely N-dealkylation sites (tertiary alicyclic amines) is 1. The molecular weight excluding hydrogens is 945 g/mol. The van der Waals surface area contributed by atoms with E-state index in [-0.39, 0.29) is 94.8 Å². The molecule has 0 saturated carbocycles. The van der Waals surface area contributed by atoms with Crippen molar-refractivity contribution in [3.63, 3.8) is 0 Å². The Morgan fingerprint density at radius 3 is 1.89 bits per heavy atom. The second-order valence-corrected chi connectivity index (χ2v) is 17.6. The SMILES string of the molecule is CCC(C)C(N)C(=O)NC(C(=O)NCC(=O)NC(CCCN=C(N)N)C(=O)N1CCCC1C(=O)NC(CCCN=C(N)N)C(=O)NC(Cc1cnc[nH]1)C(=O)NC(CCC(N)=O)C(=O)NCC(=O)O)C(C)C. The first-order chi connectivity index (χ1) is 33.9. The average molecular weight is 1020 g/mol. The summed E-state index contributed by atoms with van der Waals surface area (Å²) in [6.07, 6.45) is 3.16. The van der Waals surface area contributed by atoms with Crippen molar-refractivity contribution < 1.29 is 53.1 Å². The molecule has 1 aromatic heterocycles. The molecule has 29 nitrogen and oxygen atoms in total. The van der Waals surface area contributed by atoms with E-state index >= 15 is 0 Å². The number of nitrogens with one attached hydrogen (secondary N) is 8. The Balaban J connectivity index is 2.38. The third kappa shape index (κ3) is 21.6. The Morgan fingerprint density at radius 2 is 1.33 bits per heavy atom. The highest BCUT2D eigenvalue weighted by Crippen LogP contribution is 2.21. The van der Waals surface area contributed by atoms with Crippen molar-refractivity contribution in [1.82, 2.24) is 52.1 Å². The third-order valence-corrected chi connectivity index (χ3v) is 11.6. The van der Waals surface area contributed by atoms with Gasteiger partial charge in [0.15, 0.2) is 11.9 Å². The minimum Gasteiger partial charge on any atom is -0.480 e. The number of rotatable bonds is 32. The molecule has 1 saturated heterocycles. The van der Waals surface area contributed by atoms with Crippen LogP contribution in [0.4, 0.5) is 0 Å². The topological polar surface area (TPSA) is 488 Å². The van der Waals surface area contributed by atoms with Crippen molar-refractivity contribution in [3.05, 3.63) is 18.2 Å². The van der Waals surface area contributed by atoms with Crippen LogP contribution in [0.5, 0.6) is 0 Å². The molecule has 2 rings (SSSR count). The molecule has 21 N–H and O–H groups in total. The second kappa shape index (κ2) is 30.9. The number of carboxylic acid groups (broad SMARTS) is 1. The van der Waals surface area contributed by atoms with E-state index in [1.807, 2.05) is 6.92 Å². The molecular formula is C43H74N18O11. The number of imidazole rings is 1. The van der Waals surface area contributed by atoms with Gasteiger partial charge in [-0.25, -0.2) is 4.98 Å². The van der Waals surface area contributed by atoms with Crippen LogP contribution in [0.3, 0.4) is 0 Å². The molecule has 1 aliphatic heterocycles. The van der Waals surface area contributed by atoms with Crippen LogP contribution in [0, 0.1) is 11.8 Å². The van der Waals surface area contributed by atoms with Gasteiger partial charge in [0.2, 0.25) is 53.2 Å². The van der Waals surface area contributed by atoms with E-state index in [1.54, 1.807) is 20.8 Å². The second-order valence-electron chi connectivity index (χ2n) is 17.6. The summed E-state index contributed by atoms with van der Waals surface area (Å²) in [6.45, 7) is 5.90. The number of carboxylic acids is 1. The quantitative estimate of drug-likeness (QED) is 0.0182. The fourth-order valence-electron chi connectivity index (χ4n) is 7.34. The van der Waals surface area contributed by atoms with Gasteiger partial charge in [-0.3, -0.25) is 57.9 Å². The lowest BCUT2D eigenvalue weighted by atomic mass is 9.97. The van der Waals surface area contributed by atoms with E-state index in [9.17, 15) is 47.9 Å². The molecule has 29 heteroatoms. The molecule has 0 bridgehead atoms. The first-order valence-electron chi connectivity index (χ1n) is 23.7. The average Bonchev–Trinajstić information content (AvgIpc) is 4.04. The van der Waals surface area contributed by atoms with Crippen molar-refractivity contribution >= 4 is 71.1 Å². The number of aromatic amines is 1. The van der Waals surface area contributed by atoms with Crippen molar-refractivity contribution in [2.24, 2.45) is 56.2 Å². The number of aliphatic carboxylic acids is 1. The van der Waals surface area contributed by atoms with Gasteiger partial charge in [0.05, 0.1) is 18.9 Å². The van der Waals surface area contributed by atoms with Crippen LogP contribution >= 0.6 is 0 Å². The number of aromatic nitrogens is 2. The van der Waals surface area contributed by atoms with Gasteiger partial charge in [0.1, 0.15) is 42.8 Å². The van der Waals surface area contributed by atoms with Crippen molar-refractivity contribution in [2.75, 3.05) is 32.7 Å². The Hall–Kier alpha value is -7.59.